The van der Waals surface area contributed by atoms with E-state index in [1.807, 2.05) is 4.90 Å². The number of amides is 1. The van der Waals surface area contributed by atoms with Crippen LogP contribution in [0.25, 0.3) is 11.5 Å². The zero-order valence-corrected chi connectivity index (χ0v) is 16.6. The van der Waals surface area contributed by atoms with Gasteiger partial charge in [-0.05, 0) is 30.7 Å². The molecule has 0 unspecified atom stereocenters. The van der Waals surface area contributed by atoms with Crippen molar-refractivity contribution in [1.82, 2.24) is 19.9 Å². The highest BCUT2D eigenvalue weighted by atomic mass is 19.1. The average molecular weight is 388 g/mol. The lowest BCUT2D eigenvalue weighted by Gasteiger charge is -2.34. The number of halogens is 1. The number of benzene rings is 1. The van der Waals surface area contributed by atoms with E-state index >= 15 is 0 Å². The summed E-state index contributed by atoms with van der Waals surface area (Å²) in [5.74, 6) is 0.980. The van der Waals surface area contributed by atoms with Gasteiger partial charge in [0.2, 0.25) is 5.91 Å². The lowest BCUT2D eigenvalue weighted by Crippen LogP contribution is -2.48. The zero-order valence-electron chi connectivity index (χ0n) is 16.6. The van der Waals surface area contributed by atoms with E-state index in [4.69, 9.17) is 4.52 Å². The van der Waals surface area contributed by atoms with Crippen LogP contribution < -0.4 is 0 Å². The van der Waals surface area contributed by atoms with Crippen LogP contribution in [-0.2, 0) is 11.3 Å². The van der Waals surface area contributed by atoms with Crippen LogP contribution in [0.4, 0.5) is 4.39 Å². The molecule has 2 heterocycles. The van der Waals surface area contributed by atoms with Crippen LogP contribution in [-0.4, -0.2) is 52.0 Å². The molecule has 1 saturated heterocycles. The van der Waals surface area contributed by atoms with E-state index in [1.165, 1.54) is 31.4 Å². The van der Waals surface area contributed by atoms with Crippen molar-refractivity contribution >= 4 is 5.91 Å². The first kappa shape index (κ1) is 20.5. The Kier molecular flexibility index (Phi) is 7.54. The standard InChI is InChI=1S/C21H29FN4O2/c1-2-3-4-5-6-7-20(27)26-14-12-25(13-15-26)16-19-23-21(28-24-19)17-8-10-18(22)11-9-17/h8-11H,2-7,12-16H2,1H3. The van der Waals surface area contributed by atoms with Crippen molar-refractivity contribution in [2.45, 2.75) is 52.0 Å². The Morgan fingerprint density at radius 3 is 2.50 bits per heavy atom. The second kappa shape index (κ2) is 10.3. The van der Waals surface area contributed by atoms with E-state index in [2.05, 4.69) is 22.0 Å². The fourth-order valence-corrected chi connectivity index (χ4v) is 3.42. The number of carbonyl (C=O) groups excluding carboxylic acids is 1. The maximum atomic E-state index is 13.0. The molecule has 0 saturated carbocycles. The number of unbranched alkanes of at least 4 members (excludes halogenated alkanes) is 4. The Balaban J connectivity index is 1.41. The van der Waals surface area contributed by atoms with Gasteiger partial charge in [-0.25, -0.2) is 4.39 Å². The van der Waals surface area contributed by atoms with Gasteiger partial charge >= 0.3 is 0 Å². The Labute approximate surface area is 165 Å². The molecule has 3 rings (SSSR count). The van der Waals surface area contributed by atoms with Crippen molar-refractivity contribution < 1.29 is 13.7 Å². The van der Waals surface area contributed by atoms with Crippen molar-refractivity contribution in [3.05, 3.63) is 35.9 Å². The zero-order chi connectivity index (χ0) is 19.8. The molecule has 0 N–H and O–H groups in total. The monoisotopic (exact) mass is 388 g/mol. The molecule has 0 aliphatic carbocycles. The Bertz CT molecular complexity index is 739. The molecule has 28 heavy (non-hydrogen) atoms. The van der Waals surface area contributed by atoms with Crippen molar-refractivity contribution in [3.8, 4) is 11.5 Å². The Morgan fingerprint density at radius 1 is 1.07 bits per heavy atom. The van der Waals surface area contributed by atoms with Gasteiger partial charge in [0, 0.05) is 38.2 Å². The van der Waals surface area contributed by atoms with Crippen molar-refractivity contribution in [3.63, 3.8) is 0 Å². The minimum atomic E-state index is -0.295. The summed E-state index contributed by atoms with van der Waals surface area (Å²) in [6.45, 7) is 5.89. The van der Waals surface area contributed by atoms with Crippen LogP contribution in [0.2, 0.25) is 0 Å². The lowest BCUT2D eigenvalue weighted by atomic mass is 10.1. The first-order valence-corrected chi connectivity index (χ1v) is 10.2. The van der Waals surface area contributed by atoms with Crippen molar-refractivity contribution in [1.29, 1.82) is 0 Å². The molecule has 152 valence electrons. The van der Waals surface area contributed by atoms with Gasteiger partial charge in [0.15, 0.2) is 5.82 Å². The van der Waals surface area contributed by atoms with E-state index in [0.717, 1.165) is 39.0 Å². The summed E-state index contributed by atoms with van der Waals surface area (Å²) < 4.78 is 18.3. The number of carbonyl (C=O) groups is 1. The summed E-state index contributed by atoms with van der Waals surface area (Å²) in [5.41, 5.74) is 0.703. The van der Waals surface area contributed by atoms with Gasteiger partial charge in [0.25, 0.3) is 5.89 Å². The third-order valence-electron chi connectivity index (χ3n) is 5.14. The van der Waals surface area contributed by atoms with E-state index in [-0.39, 0.29) is 11.7 Å². The number of hydrogen-bond acceptors (Lipinski definition) is 5. The largest absolute Gasteiger partial charge is 0.340 e. The second-order valence-corrected chi connectivity index (χ2v) is 7.34. The van der Waals surface area contributed by atoms with Gasteiger partial charge < -0.3 is 9.42 Å². The average Bonchev–Trinajstić information content (AvgIpc) is 3.17. The highest BCUT2D eigenvalue weighted by Crippen LogP contribution is 2.18. The third-order valence-corrected chi connectivity index (χ3v) is 5.14. The van der Waals surface area contributed by atoms with Crippen LogP contribution in [0.3, 0.4) is 0 Å². The smallest absolute Gasteiger partial charge is 0.257 e. The quantitative estimate of drug-likeness (QED) is 0.610. The Hall–Kier alpha value is -2.28. The SMILES string of the molecule is CCCCCCCC(=O)N1CCN(Cc2noc(-c3ccc(F)cc3)n2)CC1. The van der Waals surface area contributed by atoms with E-state index < -0.39 is 0 Å². The molecular formula is C21H29FN4O2. The minimum Gasteiger partial charge on any atom is -0.340 e. The molecule has 0 radical (unpaired) electrons. The van der Waals surface area contributed by atoms with Gasteiger partial charge in [0.05, 0.1) is 6.54 Å². The molecule has 6 nitrogen and oxygen atoms in total. The predicted octanol–water partition coefficient (Wildman–Crippen LogP) is 3.88. The summed E-state index contributed by atoms with van der Waals surface area (Å²) in [6, 6.07) is 6.00. The van der Waals surface area contributed by atoms with Crippen LogP contribution in [0.5, 0.6) is 0 Å². The molecular weight excluding hydrogens is 359 g/mol. The molecule has 1 amide bonds. The highest BCUT2D eigenvalue weighted by molar-refractivity contribution is 5.76. The number of rotatable bonds is 9. The number of aromatic nitrogens is 2. The van der Waals surface area contributed by atoms with Crippen LogP contribution in [0.1, 0.15) is 51.3 Å². The maximum absolute atomic E-state index is 13.0. The molecule has 1 aliphatic heterocycles. The molecule has 7 heteroatoms. The first-order valence-electron chi connectivity index (χ1n) is 10.2. The summed E-state index contributed by atoms with van der Waals surface area (Å²) in [5, 5.41) is 4.03. The van der Waals surface area contributed by atoms with Crippen LogP contribution in [0.15, 0.2) is 28.8 Å². The van der Waals surface area contributed by atoms with E-state index in [1.54, 1.807) is 12.1 Å². The molecule has 1 aliphatic rings. The molecule has 1 aromatic carbocycles. The minimum absolute atomic E-state index is 0.273. The third kappa shape index (κ3) is 5.86. The van der Waals surface area contributed by atoms with Crippen LogP contribution in [0, 0.1) is 5.82 Å². The number of hydrogen-bond donors (Lipinski definition) is 0. The van der Waals surface area contributed by atoms with Gasteiger partial charge in [-0.2, -0.15) is 4.98 Å². The fourth-order valence-electron chi connectivity index (χ4n) is 3.42. The summed E-state index contributed by atoms with van der Waals surface area (Å²) in [6.07, 6.45) is 6.51. The van der Waals surface area contributed by atoms with Gasteiger partial charge in [0.1, 0.15) is 5.82 Å². The normalized spacial score (nSPS) is 15.1. The topological polar surface area (TPSA) is 62.5 Å². The summed E-state index contributed by atoms with van der Waals surface area (Å²) in [7, 11) is 0. The first-order chi connectivity index (χ1) is 13.7. The molecule has 1 fully saturated rings. The number of piperazine rings is 1. The van der Waals surface area contributed by atoms with Crippen molar-refractivity contribution in [2.24, 2.45) is 0 Å². The molecule has 0 atom stereocenters. The maximum Gasteiger partial charge on any atom is 0.257 e. The predicted molar refractivity (Wildman–Crippen MR) is 105 cm³/mol. The van der Waals surface area contributed by atoms with Crippen molar-refractivity contribution in [2.75, 3.05) is 26.2 Å². The molecule has 0 bridgehead atoms. The van der Waals surface area contributed by atoms with Crippen LogP contribution >= 0.6 is 0 Å². The molecule has 0 spiro atoms. The fraction of sp³-hybridized carbons (Fsp3) is 0.571. The second-order valence-electron chi connectivity index (χ2n) is 7.34. The van der Waals surface area contributed by atoms with E-state index in [9.17, 15) is 9.18 Å². The van der Waals surface area contributed by atoms with Gasteiger partial charge in [-0.1, -0.05) is 37.8 Å². The summed E-state index contributed by atoms with van der Waals surface area (Å²) in [4.78, 5) is 20.9. The van der Waals surface area contributed by atoms with Gasteiger partial charge in [-0.15, -0.1) is 0 Å². The Morgan fingerprint density at radius 2 is 1.79 bits per heavy atom. The molecule has 2 aromatic rings. The van der Waals surface area contributed by atoms with E-state index in [0.29, 0.717) is 30.2 Å². The van der Waals surface area contributed by atoms with Gasteiger partial charge in [-0.3, -0.25) is 9.69 Å². The molecule has 1 aromatic heterocycles. The summed E-state index contributed by atoms with van der Waals surface area (Å²) >= 11 is 0. The number of nitrogens with zero attached hydrogens (tertiary/aromatic N) is 4. The highest BCUT2D eigenvalue weighted by Gasteiger charge is 2.22. The lowest BCUT2D eigenvalue weighted by molar-refractivity contribution is -0.133.